The average Bonchev–Trinajstić information content (AvgIpc) is 2.90. The molecule has 0 spiro atoms. The lowest BCUT2D eigenvalue weighted by atomic mass is 10.0. The van der Waals surface area contributed by atoms with Crippen LogP contribution >= 0.6 is 11.6 Å². The molecule has 36 heavy (non-hydrogen) atoms. The first-order valence-electron chi connectivity index (χ1n) is 12.1. The van der Waals surface area contributed by atoms with Gasteiger partial charge in [0.05, 0.1) is 7.11 Å². The molecule has 0 aromatic heterocycles. The Morgan fingerprint density at radius 2 is 1.67 bits per heavy atom. The van der Waals surface area contributed by atoms with Crippen molar-refractivity contribution in [2.75, 3.05) is 20.3 Å². The van der Waals surface area contributed by atoms with E-state index in [1.165, 1.54) is 0 Å². The molecule has 0 heterocycles. The van der Waals surface area contributed by atoms with Crippen LogP contribution in [0.3, 0.4) is 0 Å². The van der Waals surface area contributed by atoms with Crippen LogP contribution in [0, 0.1) is 0 Å². The van der Waals surface area contributed by atoms with E-state index in [4.69, 9.17) is 21.1 Å². The van der Waals surface area contributed by atoms with Gasteiger partial charge in [-0.1, -0.05) is 73.5 Å². The summed E-state index contributed by atoms with van der Waals surface area (Å²) in [6.07, 6.45) is 2.21. The van der Waals surface area contributed by atoms with Crippen LogP contribution in [0.1, 0.15) is 30.9 Å². The normalized spacial score (nSPS) is 11.4. The van der Waals surface area contributed by atoms with Gasteiger partial charge in [0.15, 0.2) is 6.61 Å². The van der Waals surface area contributed by atoms with Crippen LogP contribution < -0.4 is 14.8 Å². The Kier molecular flexibility index (Phi) is 10.6. The summed E-state index contributed by atoms with van der Waals surface area (Å²) in [6, 6.07) is 23.4. The van der Waals surface area contributed by atoms with Crippen LogP contribution in [0.25, 0.3) is 0 Å². The number of methoxy groups -OCH3 is 1. The number of nitrogens with one attached hydrogen (secondary N) is 1. The minimum Gasteiger partial charge on any atom is -0.497 e. The maximum Gasteiger partial charge on any atom is 0.261 e. The van der Waals surface area contributed by atoms with Crippen molar-refractivity contribution in [2.24, 2.45) is 0 Å². The van der Waals surface area contributed by atoms with E-state index < -0.39 is 6.04 Å². The molecule has 1 atom stereocenters. The van der Waals surface area contributed by atoms with E-state index in [0.29, 0.717) is 29.5 Å². The van der Waals surface area contributed by atoms with Crippen LogP contribution in [0.2, 0.25) is 5.02 Å². The largest absolute Gasteiger partial charge is 0.497 e. The molecule has 0 aliphatic rings. The molecule has 7 heteroatoms. The van der Waals surface area contributed by atoms with Gasteiger partial charge in [-0.15, -0.1) is 0 Å². The number of rotatable bonds is 13. The van der Waals surface area contributed by atoms with Gasteiger partial charge in [-0.05, 0) is 47.9 Å². The van der Waals surface area contributed by atoms with Gasteiger partial charge < -0.3 is 19.7 Å². The zero-order valence-corrected chi connectivity index (χ0v) is 21.5. The molecule has 3 aromatic carbocycles. The van der Waals surface area contributed by atoms with Crippen molar-refractivity contribution in [1.82, 2.24) is 10.2 Å². The first-order valence-corrected chi connectivity index (χ1v) is 12.5. The van der Waals surface area contributed by atoms with E-state index in [0.717, 1.165) is 24.0 Å². The maximum atomic E-state index is 13.6. The molecule has 3 aromatic rings. The minimum absolute atomic E-state index is 0.189. The van der Waals surface area contributed by atoms with Crippen molar-refractivity contribution in [3.8, 4) is 11.5 Å². The fraction of sp³-hybridized carbons (Fsp3) is 0.310. The van der Waals surface area contributed by atoms with Crippen molar-refractivity contribution in [3.05, 3.63) is 95.0 Å². The van der Waals surface area contributed by atoms with Crippen LogP contribution in [-0.4, -0.2) is 43.0 Å². The Balaban J connectivity index is 1.90. The Morgan fingerprint density at radius 3 is 2.39 bits per heavy atom. The van der Waals surface area contributed by atoms with E-state index in [9.17, 15) is 9.59 Å². The molecule has 0 saturated heterocycles. The standard InChI is InChI=1S/C29H33ClN2O4/c1-3-4-16-31-29(34)27(18-22-10-6-5-7-11-22)32(20-23-12-8-14-25(17-23)35-2)28(33)21-36-26-15-9-13-24(30)19-26/h5-15,17,19,27H,3-4,16,18,20-21H2,1-2H3,(H,31,34)/t27-/m1/s1. The fourth-order valence-electron chi connectivity index (χ4n) is 3.81. The molecular weight excluding hydrogens is 476 g/mol. The highest BCUT2D eigenvalue weighted by Crippen LogP contribution is 2.20. The first kappa shape index (κ1) is 27.1. The van der Waals surface area contributed by atoms with Gasteiger partial charge in [0.25, 0.3) is 5.91 Å². The Labute approximate surface area is 218 Å². The second-order valence-electron chi connectivity index (χ2n) is 8.47. The summed E-state index contributed by atoms with van der Waals surface area (Å²) in [5, 5.41) is 3.53. The highest BCUT2D eigenvalue weighted by atomic mass is 35.5. The van der Waals surface area contributed by atoms with Crippen molar-refractivity contribution < 1.29 is 19.1 Å². The van der Waals surface area contributed by atoms with Gasteiger partial charge >= 0.3 is 0 Å². The summed E-state index contributed by atoms with van der Waals surface area (Å²) in [5.41, 5.74) is 1.82. The lowest BCUT2D eigenvalue weighted by Crippen LogP contribution is -2.51. The van der Waals surface area contributed by atoms with Crippen LogP contribution in [0.4, 0.5) is 0 Å². The van der Waals surface area contributed by atoms with Crippen molar-refractivity contribution in [1.29, 1.82) is 0 Å². The second-order valence-corrected chi connectivity index (χ2v) is 8.91. The SMILES string of the molecule is CCCCNC(=O)[C@@H](Cc1ccccc1)N(Cc1cccc(OC)c1)C(=O)COc1cccc(Cl)c1. The topological polar surface area (TPSA) is 67.9 Å². The Hall–Kier alpha value is -3.51. The summed E-state index contributed by atoms with van der Waals surface area (Å²) >= 11 is 6.06. The third-order valence-corrected chi connectivity index (χ3v) is 5.98. The van der Waals surface area contributed by atoms with E-state index in [-0.39, 0.29) is 25.0 Å². The van der Waals surface area contributed by atoms with E-state index >= 15 is 0 Å². The maximum absolute atomic E-state index is 13.6. The molecule has 2 amide bonds. The molecule has 0 fully saturated rings. The summed E-state index contributed by atoms with van der Waals surface area (Å²) in [5.74, 6) is 0.682. The summed E-state index contributed by atoms with van der Waals surface area (Å²) in [7, 11) is 1.60. The molecule has 0 radical (unpaired) electrons. The number of halogens is 1. The average molecular weight is 509 g/mol. The van der Waals surface area contributed by atoms with E-state index in [1.54, 1.807) is 36.3 Å². The number of carbonyl (C=O) groups is 2. The Morgan fingerprint density at radius 1 is 0.944 bits per heavy atom. The minimum atomic E-state index is -0.717. The smallest absolute Gasteiger partial charge is 0.261 e. The van der Waals surface area contributed by atoms with Gasteiger partial charge in [0.1, 0.15) is 17.5 Å². The highest BCUT2D eigenvalue weighted by Gasteiger charge is 2.30. The van der Waals surface area contributed by atoms with Crippen LogP contribution in [0.15, 0.2) is 78.9 Å². The van der Waals surface area contributed by atoms with E-state index in [2.05, 4.69) is 12.2 Å². The van der Waals surface area contributed by atoms with E-state index in [1.807, 2.05) is 54.6 Å². The number of nitrogens with zero attached hydrogens (tertiary/aromatic N) is 1. The predicted molar refractivity (Wildman–Crippen MR) is 142 cm³/mol. The third-order valence-electron chi connectivity index (χ3n) is 5.75. The molecule has 190 valence electrons. The summed E-state index contributed by atoms with van der Waals surface area (Å²) in [4.78, 5) is 28.6. The molecule has 3 rings (SSSR count). The third kappa shape index (κ3) is 8.31. The molecule has 0 bridgehead atoms. The quantitative estimate of drug-likeness (QED) is 0.319. The van der Waals surface area contributed by atoms with Gasteiger partial charge in [-0.3, -0.25) is 9.59 Å². The molecule has 0 aliphatic heterocycles. The van der Waals surface area contributed by atoms with Gasteiger partial charge in [-0.2, -0.15) is 0 Å². The van der Waals surface area contributed by atoms with Gasteiger partial charge in [0.2, 0.25) is 5.91 Å². The molecular formula is C29H33ClN2O4. The molecule has 6 nitrogen and oxygen atoms in total. The fourth-order valence-corrected chi connectivity index (χ4v) is 3.99. The second kappa shape index (κ2) is 14.1. The number of hydrogen-bond donors (Lipinski definition) is 1. The lowest BCUT2D eigenvalue weighted by molar-refractivity contribution is -0.142. The van der Waals surface area contributed by atoms with Crippen LogP contribution in [0.5, 0.6) is 11.5 Å². The summed E-state index contributed by atoms with van der Waals surface area (Å²) in [6.45, 7) is 2.63. The number of unbranched alkanes of at least 4 members (excludes halogenated alkanes) is 1. The molecule has 1 N–H and O–H groups in total. The molecule has 0 saturated carbocycles. The predicted octanol–water partition coefficient (Wildman–Crippen LogP) is 5.28. The van der Waals surface area contributed by atoms with Gasteiger partial charge in [-0.25, -0.2) is 0 Å². The number of carbonyl (C=O) groups excluding carboxylic acids is 2. The lowest BCUT2D eigenvalue weighted by Gasteiger charge is -2.31. The Bertz CT molecular complexity index is 1120. The zero-order chi connectivity index (χ0) is 25.8. The zero-order valence-electron chi connectivity index (χ0n) is 20.8. The van der Waals surface area contributed by atoms with Crippen LogP contribution in [-0.2, 0) is 22.6 Å². The highest BCUT2D eigenvalue weighted by molar-refractivity contribution is 6.30. The number of amides is 2. The number of hydrogen-bond acceptors (Lipinski definition) is 4. The number of ether oxygens (including phenoxy) is 2. The summed E-state index contributed by atoms with van der Waals surface area (Å²) < 4.78 is 11.1. The first-order chi connectivity index (χ1) is 17.5. The number of benzene rings is 3. The van der Waals surface area contributed by atoms with Crippen molar-refractivity contribution in [2.45, 2.75) is 38.8 Å². The molecule has 0 unspecified atom stereocenters. The van der Waals surface area contributed by atoms with Crippen molar-refractivity contribution >= 4 is 23.4 Å². The van der Waals surface area contributed by atoms with Crippen molar-refractivity contribution in [3.63, 3.8) is 0 Å². The van der Waals surface area contributed by atoms with Gasteiger partial charge in [0, 0.05) is 24.5 Å². The monoisotopic (exact) mass is 508 g/mol. The molecule has 0 aliphatic carbocycles.